The zero-order valence-electron chi connectivity index (χ0n) is 8.88. The number of hydrogen-bond acceptors (Lipinski definition) is 4. The van der Waals surface area contributed by atoms with E-state index in [1.54, 1.807) is 18.2 Å². The Morgan fingerprint density at radius 1 is 1.18 bits per heavy atom. The number of fused-ring (bicyclic) bond motifs is 1. The fourth-order valence-corrected chi connectivity index (χ4v) is 1.41. The Morgan fingerprint density at radius 2 is 1.88 bits per heavy atom. The van der Waals surface area contributed by atoms with Crippen molar-refractivity contribution in [3.05, 3.63) is 29.8 Å². The lowest BCUT2D eigenvalue weighted by Gasteiger charge is -2.18. The molecule has 5 heteroatoms. The minimum absolute atomic E-state index is 0.480. The van der Waals surface area contributed by atoms with E-state index in [1.807, 2.05) is 0 Å². The van der Waals surface area contributed by atoms with Crippen molar-refractivity contribution in [2.75, 3.05) is 13.2 Å². The molecule has 0 aromatic heterocycles. The second kappa shape index (κ2) is 4.69. The molecule has 2 rings (SSSR count). The average molecular weight is 234 g/mol. The van der Waals surface area contributed by atoms with Crippen molar-refractivity contribution in [2.24, 2.45) is 0 Å². The summed E-state index contributed by atoms with van der Waals surface area (Å²) in [6.07, 6.45) is 2.43. The third-order valence-corrected chi connectivity index (χ3v) is 2.20. The van der Waals surface area contributed by atoms with Crippen molar-refractivity contribution < 1.29 is 24.2 Å². The van der Waals surface area contributed by atoms with E-state index >= 15 is 0 Å². The van der Waals surface area contributed by atoms with Crippen LogP contribution in [0.4, 0.5) is 0 Å². The second-order valence-corrected chi connectivity index (χ2v) is 3.41. The molecule has 1 heterocycles. The smallest absolute Gasteiger partial charge is 0.376 e. The highest BCUT2D eigenvalue weighted by molar-refractivity contribution is 6.38. The van der Waals surface area contributed by atoms with Crippen molar-refractivity contribution in [2.45, 2.75) is 0 Å². The second-order valence-electron chi connectivity index (χ2n) is 3.41. The number of rotatable bonds is 3. The third-order valence-electron chi connectivity index (χ3n) is 2.20. The highest BCUT2D eigenvalue weighted by Gasteiger charge is 2.11. The van der Waals surface area contributed by atoms with Crippen LogP contribution in [-0.2, 0) is 9.59 Å². The molecule has 0 saturated heterocycles. The fourth-order valence-electron chi connectivity index (χ4n) is 1.41. The lowest BCUT2D eigenvalue weighted by atomic mass is 10.1. The zero-order valence-corrected chi connectivity index (χ0v) is 8.88. The quantitative estimate of drug-likeness (QED) is 0.626. The van der Waals surface area contributed by atoms with E-state index < -0.39 is 11.8 Å². The molecule has 0 aliphatic carbocycles. The topological polar surface area (TPSA) is 72.8 Å². The Kier molecular flexibility index (Phi) is 3.09. The first-order valence-electron chi connectivity index (χ1n) is 5.02. The van der Waals surface area contributed by atoms with Crippen LogP contribution >= 0.6 is 0 Å². The highest BCUT2D eigenvalue weighted by Crippen LogP contribution is 2.30. The first-order chi connectivity index (χ1) is 8.16. The predicted octanol–water partition coefficient (Wildman–Crippen LogP) is 1.12. The molecule has 0 atom stereocenters. The van der Waals surface area contributed by atoms with E-state index in [9.17, 15) is 9.59 Å². The van der Waals surface area contributed by atoms with Gasteiger partial charge in [0.25, 0.3) is 5.78 Å². The minimum atomic E-state index is -1.47. The molecule has 17 heavy (non-hydrogen) atoms. The molecule has 1 aliphatic rings. The van der Waals surface area contributed by atoms with Gasteiger partial charge in [-0.15, -0.1) is 0 Å². The Morgan fingerprint density at radius 3 is 2.59 bits per heavy atom. The van der Waals surface area contributed by atoms with E-state index in [1.165, 1.54) is 6.08 Å². The molecule has 0 radical (unpaired) electrons. The van der Waals surface area contributed by atoms with Gasteiger partial charge < -0.3 is 14.6 Å². The lowest BCUT2D eigenvalue weighted by Crippen LogP contribution is -2.15. The van der Waals surface area contributed by atoms with Gasteiger partial charge in [-0.05, 0) is 23.8 Å². The van der Waals surface area contributed by atoms with Crippen LogP contribution in [0.15, 0.2) is 24.3 Å². The molecule has 88 valence electrons. The third kappa shape index (κ3) is 2.63. The normalized spacial score (nSPS) is 13.6. The number of carbonyl (C=O) groups is 2. The maximum atomic E-state index is 10.9. The Hall–Kier alpha value is -2.30. The first-order valence-corrected chi connectivity index (χ1v) is 5.02. The van der Waals surface area contributed by atoms with Gasteiger partial charge in [0.15, 0.2) is 11.5 Å². The van der Waals surface area contributed by atoms with Gasteiger partial charge in [0, 0.05) is 0 Å². The molecule has 0 fully saturated rings. The molecule has 5 nitrogen and oxygen atoms in total. The number of ketones is 1. The van der Waals surface area contributed by atoms with Gasteiger partial charge in [0.1, 0.15) is 13.2 Å². The fraction of sp³-hybridized carbons (Fsp3) is 0.167. The maximum Gasteiger partial charge on any atom is 0.376 e. The highest BCUT2D eigenvalue weighted by atomic mass is 16.6. The Balaban J connectivity index is 2.17. The average Bonchev–Trinajstić information content (AvgIpc) is 2.35. The summed E-state index contributed by atoms with van der Waals surface area (Å²) < 4.78 is 10.7. The molecule has 1 aromatic rings. The molecular weight excluding hydrogens is 224 g/mol. The van der Waals surface area contributed by atoms with E-state index in [0.29, 0.717) is 30.3 Å². The number of aliphatic carboxylic acids is 1. The summed E-state index contributed by atoms with van der Waals surface area (Å²) in [5.74, 6) is -1.18. The molecule has 0 unspecified atom stereocenters. The van der Waals surface area contributed by atoms with Crippen LogP contribution in [0, 0.1) is 0 Å². The van der Waals surface area contributed by atoms with Crippen molar-refractivity contribution in [3.8, 4) is 11.5 Å². The van der Waals surface area contributed by atoms with Crippen LogP contribution in [0.25, 0.3) is 6.08 Å². The van der Waals surface area contributed by atoms with E-state index in [4.69, 9.17) is 14.6 Å². The van der Waals surface area contributed by atoms with Gasteiger partial charge in [-0.1, -0.05) is 12.1 Å². The summed E-state index contributed by atoms with van der Waals surface area (Å²) in [6.45, 7) is 0.994. The van der Waals surface area contributed by atoms with Crippen LogP contribution in [0.1, 0.15) is 5.56 Å². The predicted molar refractivity (Wildman–Crippen MR) is 59.1 cm³/mol. The number of carboxylic acids is 1. The molecule has 0 amide bonds. The number of carbonyl (C=O) groups excluding carboxylic acids is 1. The van der Waals surface area contributed by atoms with Gasteiger partial charge in [-0.2, -0.15) is 0 Å². The minimum Gasteiger partial charge on any atom is -0.486 e. The van der Waals surface area contributed by atoms with Crippen LogP contribution in [0.2, 0.25) is 0 Å². The largest absolute Gasteiger partial charge is 0.486 e. The van der Waals surface area contributed by atoms with Crippen LogP contribution in [0.5, 0.6) is 11.5 Å². The lowest BCUT2D eigenvalue weighted by molar-refractivity contribution is -0.146. The number of hydrogen-bond donors (Lipinski definition) is 1. The van der Waals surface area contributed by atoms with Gasteiger partial charge in [0.05, 0.1) is 0 Å². The van der Waals surface area contributed by atoms with E-state index in [-0.39, 0.29) is 0 Å². The summed E-state index contributed by atoms with van der Waals surface area (Å²) in [5.41, 5.74) is 0.684. The van der Waals surface area contributed by atoms with Crippen molar-refractivity contribution in [1.29, 1.82) is 0 Å². The van der Waals surface area contributed by atoms with Gasteiger partial charge in [-0.25, -0.2) is 4.79 Å². The summed E-state index contributed by atoms with van der Waals surface area (Å²) >= 11 is 0. The standard InChI is InChI=1S/C12H10O5/c13-9(12(14)15)3-1-8-2-4-10-11(7-8)17-6-5-16-10/h1-4,7H,5-6H2,(H,14,15)/b3-1+. The van der Waals surface area contributed by atoms with Crippen LogP contribution in [0.3, 0.4) is 0 Å². The molecule has 1 N–H and O–H groups in total. The molecule has 1 aromatic carbocycles. The summed E-state index contributed by atoms with van der Waals surface area (Å²) in [6, 6.07) is 5.14. The monoisotopic (exact) mass is 234 g/mol. The van der Waals surface area contributed by atoms with Gasteiger partial charge >= 0.3 is 5.97 Å². The van der Waals surface area contributed by atoms with Crippen LogP contribution < -0.4 is 9.47 Å². The first kappa shape index (κ1) is 11.2. The maximum absolute atomic E-state index is 10.9. The molecule has 0 spiro atoms. The van der Waals surface area contributed by atoms with E-state index in [2.05, 4.69) is 0 Å². The van der Waals surface area contributed by atoms with E-state index in [0.717, 1.165) is 6.08 Å². The summed E-state index contributed by atoms with van der Waals surface area (Å²) in [5, 5.41) is 8.41. The summed E-state index contributed by atoms with van der Waals surface area (Å²) in [4.78, 5) is 21.2. The molecular formula is C12H10O5. The molecule has 1 aliphatic heterocycles. The van der Waals surface area contributed by atoms with Gasteiger partial charge in [0.2, 0.25) is 0 Å². The van der Waals surface area contributed by atoms with Crippen molar-refractivity contribution >= 4 is 17.8 Å². The number of ether oxygens (including phenoxy) is 2. The number of carboxylic acid groups (broad SMARTS) is 1. The Bertz CT molecular complexity index is 490. The van der Waals surface area contributed by atoms with Crippen molar-refractivity contribution in [3.63, 3.8) is 0 Å². The zero-order chi connectivity index (χ0) is 12.3. The molecule has 0 saturated carbocycles. The van der Waals surface area contributed by atoms with Crippen LogP contribution in [-0.4, -0.2) is 30.1 Å². The number of benzene rings is 1. The van der Waals surface area contributed by atoms with Gasteiger partial charge in [-0.3, -0.25) is 4.79 Å². The summed E-state index contributed by atoms with van der Waals surface area (Å²) in [7, 11) is 0. The SMILES string of the molecule is O=C(O)C(=O)/C=C/c1ccc2c(c1)OCCO2. The molecule has 0 bridgehead atoms. The Labute approximate surface area is 97.3 Å². The van der Waals surface area contributed by atoms with Crippen molar-refractivity contribution in [1.82, 2.24) is 0 Å².